The van der Waals surface area contributed by atoms with Crippen molar-refractivity contribution in [1.82, 2.24) is 0 Å². The molecule has 1 aromatic rings. The molecule has 2 bridgehead atoms. The first-order valence-corrected chi connectivity index (χ1v) is 7.40. The number of carbonyl (C=O) groups excluding carboxylic acids is 1. The molecule has 19 heavy (non-hydrogen) atoms. The molecule has 0 spiro atoms. The maximum Gasteiger partial charge on any atom is 0.137 e. The van der Waals surface area contributed by atoms with Gasteiger partial charge in [0.15, 0.2) is 0 Å². The summed E-state index contributed by atoms with van der Waals surface area (Å²) in [4.78, 5) is 12.3. The van der Waals surface area contributed by atoms with E-state index in [2.05, 4.69) is 0 Å². The van der Waals surface area contributed by atoms with Crippen LogP contribution in [-0.2, 0) is 11.2 Å². The van der Waals surface area contributed by atoms with Gasteiger partial charge < -0.3 is 4.74 Å². The molecule has 0 aliphatic heterocycles. The quantitative estimate of drug-likeness (QED) is 0.806. The Hall–Kier alpha value is -1.31. The van der Waals surface area contributed by atoms with Crippen LogP contribution < -0.4 is 4.74 Å². The third-order valence-corrected chi connectivity index (χ3v) is 4.95. The van der Waals surface area contributed by atoms with Crippen LogP contribution >= 0.6 is 0 Å². The van der Waals surface area contributed by atoms with Gasteiger partial charge in [-0.25, -0.2) is 0 Å². The highest BCUT2D eigenvalue weighted by Crippen LogP contribution is 2.49. The molecule has 2 nitrogen and oxygen atoms in total. The second-order valence-corrected chi connectivity index (χ2v) is 6.17. The molecular formula is C17H22O2. The van der Waals surface area contributed by atoms with Gasteiger partial charge in [-0.3, -0.25) is 4.79 Å². The topological polar surface area (TPSA) is 26.3 Å². The van der Waals surface area contributed by atoms with Gasteiger partial charge in [0, 0.05) is 18.4 Å². The largest absolute Gasteiger partial charge is 0.496 e. The van der Waals surface area contributed by atoms with Crippen molar-refractivity contribution >= 4 is 5.78 Å². The van der Waals surface area contributed by atoms with E-state index in [1.807, 2.05) is 24.3 Å². The number of ketones is 1. The van der Waals surface area contributed by atoms with Crippen molar-refractivity contribution in [3.05, 3.63) is 29.8 Å². The van der Waals surface area contributed by atoms with E-state index in [9.17, 15) is 4.79 Å². The summed E-state index contributed by atoms with van der Waals surface area (Å²) in [5.74, 6) is 3.65. The van der Waals surface area contributed by atoms with Crippen molar-refractivity contribution < 1.29 is 9.53 Å². The molecule has 2 aliphatic carbocycles. The molecule has 0 amide bonds. The summed E-state index contributed by atoms with van der Waals surface area (Å²) < 4.78 is 5.31. The fraction of sp³-hybridized carbons (Fsp3) is 0.588. The molecule has 2 fully saturated rings. The third-order valence-electron chi connectivity index (χ3n) is 4.95. The smallest absolute Gasteiger partial charge is 0.137 e. The second-order valence-electron chi connectivity index (χ2n) is 6.17. The van der Waals surface area contributed by atoms with Crippen LogP contribution in [0.3, 0.4) is 0 Å². The maximum atomic E-state index is 12.3. The number of para-hydroxylation sites is 1. The average Bonchev–Trinajstić information content (AvgIpc) is 3.01. The average molecular weight is 258 g/mol. The molecule has 3 atom stereocenters. The molecule has 3 rings (SSSR count). The van der Waals surface area contributed by atoms with Gasteiger partial charge in [-0.15, -0.1) is 0 Å². The van der Waals surface area contributed by atoms with Crippen LogP contribution in [0.25, 0.3) is 0 Å². The molecule has 2 heteroatoms. The standard InChI is InChI=1S/C17H22O2/c1-19-17-5-3-2-4-14(17)10-16(18)11-15-9-12-6-7-13(15)8-12/h2-5,12-13,15H,6-11H2,1H3. The number of carbonyl (C=O) groups is 1. The number of hydrogen-bond acceptors (Lipinski definition) is 2. The van der Waals surface area contributed by atoms with E-state index in [-0.39, 0.29) is 0 Å². The van der Waals surface area contributed by atoms with Gasteiger partial charge in [0.25, 0.3) is 0 Å². The highest BCUT2D eigenvalue weighted by atomic mass is 16.5. The van der Waals surface area contributed by atoms with Gasteiger partial charge in [0.1, 0.15) is 11.5 Å². The lowest BCUT2D eigenvalue weighted by atomic mass is 9.84. The zero-order valence-corrected chi connectivity index (χ0v) is 11.6. The van der Waals surface area contributed by atoms with Crippen LogP contribution in [0, 0.1) is 17.8 Å². The number of methoxy groups -OCH3 is 1. The lowest BCUT2D eigenvalue weighted by Crippen LogP contribution is -2.16. The number of Topliss-reactive ketones (excluding diaryl/α,β-unsaturated/α-hetero) is 1. The highest BCUT2D eigenvalue weighted by molar-refractivity contribution is 5.81. The van der Waals surface area contributed by atoms with Crippen LogP contribution in [0.15, 0.2) is 24.3 Å². The van der Waals surface area contributed by atoms with Crippen LogP contribution in [-0.4, -0.2) is 12.9 Å². The molecule has 0 saturated heterocycles. The van der Waals surface area contributed by atoms with Gasteiger partial charge in [-0.05, 0) is 43.1 Å². The zero-order valence-electron chi connectivity index (χ0n) is 11.6. The molecule has 0 heterocycles. The van der Waals surface area contributed by atoms with Crippen molar-refractivity contribution in [2.45, 2.75) is 38.5 Å². The monoisotopic (exact) mass is 258 g/mol. The third kappa shape index (κ3) is 2.68. The Bertz CT molecular complexity index is 466. The number of fused-ring (bicyclic) bond motifs is 2. The van der Waals surface area contributed by atoms with Crippen LogP contribution in [0.1, 0.15) is 37.7 Å². The molecule has 2 aliphatic rings. The summed E-state index contributed by atoms with van der Waals surface area (Å²) in [5, 5.41) is 0. The van der Waals surface area contributed by atoms with Crippen LogP contribution in [0.2, 0.25) is 0 Å². The van der Waals surface area contributed by atoms with E-state index in [0.29, 0.717) is 18.1 Å². The number of benzene rings is 1. The van der Waals surface area contributed by atoms with Gasteiger partial charge in [-0.2, -0.15) is 0 Å². The minimum Gasteiger partial charge on any atom is -0.496 e. The molecule has 1 aromatic carbocycles. The molecular weight excluding hydrogens is 236 g/mol. The summed E-state index contributed by atoms with van der Waals surface area (Å²) in [6, 6.07) is 7.85. The van der Waals surface area contributed by atoms with Crippen molar-refractivity contribution in [3.63, 3.8) is 0 Å². The maximum absolute atomic E-state index is 12.3. The Morgan fingerprint density at radius 3 is 2.79 bits per heavy atom. The molecule has 0 aromatic heterocycles. The summed E-state index contributed by atoms with van der Waals surface area (Å²) in [6.45, 7) is 0. The van der Waals surface area contributed by atoms with Gasteiger partial charge >= 0.3 is 0 Å². The molecule has 102 valence electrons. The van der Waals surface area contributed by atoms with Crippen LogP contribution in [0.4, 0.5) is 0 Å². The Balaban J connectivity index is 1.59. The van der Waals surface area contributed by atoms with E-state index in [0.717, 1.165) is 29.6 Å². The lowest BCUT2D eigenvalue weighted by molar-refractivity contribution is -0.119. The normalized spacial score (nSPS) is 28.6. The zero-order chi connectivity index (χ0) is 13.2. The Kier molecular flexibility index (Phi) is 3.58. The predicted molar refractivity (Wildman–Crippen MR) is 75.3 cm³/mol. The fourth-order valence-corrected chi connectivity index (χ4v) is 4.05. The molecule has 0 N–H and O–H groups in total. The molecule has 2 saturated carbocycles. The van der Waals surface area contributed by atoms with E-state index in [4.69, 9.17) is 4.74 Å². The number of ether oxygens (including phenoxy) is 1. The minimum atomic E-state index is 0.377. The van der Waals surface area contributed by atoms with Crippen molar-refractivity contribution in [2.24, 2.45) is 17.8 Å². The highest BCUT2D eigenvalue weighted by Gasteiger charge is 2.39. The van der Waals surface area contributed by atoms with Crippen molar-refractivity contribution in [1.29, 1.82) is 0 Å². The van der Waals surface area contributed by atoms with E-state index in [1.165, 1.54) is 25.7 Å². The van der Waals surface area contributed by atoms with Gasteiger partial charge in [0.2, 0.25) is 0 Å². The van der Waals surface area contributed by atoms with E-state index >= 15 is 0 Å². The second kappa shape index (κ2) is 5.36. The molecule has 0 radical (unpaired) electrons. The Labute approximate surface area is 115 Å². The summed E-state index contributed by atoms with van der Waals surface area (Å²) >= 11 is 0. The first-order valence-electron chi connectivity index (χ1n) is 7.40. The van der Waals surface area contributed by atoms with E-state index in [1.54, 1.807) is 7.11 Å². The van der Waals surface area contributed by atoms with Crippen molar-refractivity contribution in [2.75, 3.05) is 7.11 Å². The number of hydrogen-bond donors (Lipinski definition) is 0. The predicted octanol–water partition coefficient (Wildman–Crippen LogP) is 3.63. The van der Waals surface area contributed by atoms with Crippen molar-refractivity contribution in [3.8, 4) is 5.75 Å². The lowest BCUT2D eigenvalue weighted by Gasteiger charge is -2.20. The first-order chi connectivity index (χ1) is 9.26. The fourth-order valence-electron chi connectivity index (χ4n) is 4.05. The summed E-state index contributed by atoms with van der Waals surface area (Å²) in [5.41, 5.74) is 1.03. The summed E-state index contributed by atoms with van der Waals surface area (Å²) in [7, 11) is 1.67. The molecule has 3 unspecified atom stereocenters. The van der Waals surface area contributed by atoms with E-state index < -0.39 is 0 Å². The van der Waals surface area contributed by atoms with Crippen LogP contribution in [0.5, 0.6) is 5.75 Å². The first kappa shape index (κ1) is 12.7. The minimum absolute atomic E-state index is 0.377. The Morgan fingerprint density at radius 2 is 2.11 bits per heavy atom. The summed E-state index contributed by atoms with van der Waals surface area (Å²) in [6.07, 6.45) is 6.74. The Morgan fingerprint density at radius 1 is 1.26 bits per heavy atom. The SMILES string of the molecule is COc1ccccc1CC(=O)CC1CC2CCC1C2. The van der Waals surface area contributed by atoms with Gasteiger partial charge in [-0.1, -0.05) is 24.6 Å². The number of rotatable bonds is 5. The van der Waals surface area contributed by atoms with Gasteiger partial charge in [0.05, 0.1) is 7.11 Å².